The molecule has 4 rings (SSSR count). The molecule has 0 fully saturated rings. The second-order valence-electron chi connectivity index (χ2n) is 7.49. The molecule has 34 heavy (non-hydrogen) atoms. The normalized spacial score (nSPS) is 11.5. The molecule has 3 aromatic carbocycles. The van der Waals surface area contributed by atoms with Crippen molar-refractivity contribution >= 4 is 46.6 Å². The van der Waals surface area contributed by atoms with Gasteiger partial charge in [-0.2, -0.15) is 5.10 Å². The van der Waals surface area contributed by atoms with E-state index in [2.05, 4.69) is 20.7 Å². The highest BCUT2D eigenvalue weighted by Crippen LogP contribution is 2.28. The lowest BCUT2D eigenvalue weighted by Gasteiger charge is -2.10. The van der Waals surface area contributed by atoms with Crippen LogP contribution in [0.25, 0.3) is 17.1 Å². The SMILES string of the molecule is CC(=NNC(=O)CSc1nnc(-c2ccc(C)cc2)n1-c1ccccc1)c1ccc(Cl)c(Cl)c1. The lowest BCUT2D eigenvalue weighted by atomic mass is 10.1. The number of aromatic nitrogens is 3. The molecule has 0 saturated carbocycles. The molecule has 0 aliphatic rings. The number of benzene rings is 3. The minimum absolute atomic E-state index is 0.122. The van der Waals surface area contributed by atoms with Crippen LogP contribution in [0.4, 0.5) is 0 Å². The molecule has 0 atom stereocenters. The summed E-state index contributed by atoms with van der Waals surface area (Å²) in [4.78, 5) is 12.5. The fraction of sp³-hybridized carbons (Fsp3) is 0.120. The summed E-state index contributed by atoms with van der Waals surface area (Å²) < 4.78 is 1.95. The molecule has 0 saturated heterocycles. The van der Waals surface area contributed by atoms with Crippen LogP contribution in [0.15, 0.2) is 83.1 Å². The number of hydrogen-bond acceptors (Lipinski definition) is 5. The molecule has 1 heterocycles. The third kappa shape index (κ3) is 5.67. The quantitative estimate of drug-likeness (QED) is 0.183. The highest BCUT2D eigenvalue weighted by Gasteiger charge is 2.17. The number of thioether (sulfide) groups is 1. The molecule has 1 N–H and O–H groups in total. The summed E-state index contributed by atoms with van der Waals surface area (Å²) in [6.45, 7) is 3.82. The Morgan fingerprint density at radius 1 is 1.00 bits per heavy atom. The molecule has 0 spiro atoms. The number of hydrogen-bond donors (Lipinski definition) is 1. The maximum atomic E-state index is 12.5. The van der Waals surface area contributed by atoms with E-state index in [1.807, 2.05) is 66.1 Å². The lowest BCUT2D eigenvalue weighted by molar-refractivity contribution is -0.118. The Hall–Kier alpha value is -3.13. The first kappa shape index (κ1) is 24.0. The summed E-state index contributed by atoms with van der Waals surface area (Å²) in [6.07, 6.45) is 0. The van der Waals surface area contributed by atoms with E-state index in [1.165, 1.54) is 11.8 Å². The van der Waals surface area contributed by atoms with Crippen LogP contribution in [0.2, 0.25) is 10.0 Å². The number of carbonyl (C=O) groups excluding carboxylic acids is 1. The maximum absolute atomic E-state index is 12.5. The van der Waals surface area contributed by atoms with Crippen LogP contribution in [0, 0.1) is 6.92 Å². The highest BCUT2D eigenvalue weighted by atomic mass is 35.5. The van der Waals surface area contributed by atoms with Crippen molar-refractivity contribution in [1.82, 2.24) is 20.2 Å². The largest absolute Gasteiger partial charge is 0.272 e. The van der Waals surface area contributed by atoms with Gasteiger partial charge < -0.3 is 0 Å². The average molecular weight is 510 g/mol. The van der Waals surface area contributed by atoms with Gasteiger partial charge >= 0.3 is 0 Å². The van der Waals surface area contributed by atoms with Crippen molar-refractivity contribution in [2.75, 3.05) is 5.75 Å². The molecule has 1 amide bonds. The van der Waals surface area contributed by atoms with Crippen molar-refractivity contribution in [2.24, 2.45) is 5.10 Å². The number of para-hydroxylation sites is 1. The second kappa shape index (κ2) is 10.9. The van der Waals surface area contributed by atoms with E-state index in [1.54, 1.807) is 25.1 Å². The van der Waals surface area contributed by atoms with Gasteiger partial charge in [0.05, 0.1) is 21.5 Å². The number of nitrogens with zero attached hydrogens (tertiary/aromatic N) is 4. The monoisotopic (exact) mass is 509 g/mol. The van der Waals surface area contributed by atoms with Gasteiger partial charge in [0.15, 0.2) is 11.0 Å². The molecular weight excluding hydrogens is 489 g/mol. The summed E-state index contributed by atoms with van der Waals surface area (Å²) in [5, 5.41) is 14.5. The number of halogens is 2. The van der Waals surface area contributed by atoms with Crippen LogP contribution in [-0.2, 0) is 4.79 Å². The number of rotatable bonds is 7. The third-order valence-corrected chi connectivity index (χ3v) is 6.64. The molecule has 4 aromatic rings. The topological polar surface area (TPSA) is 72.2 Å². The predicted octanol–water partition coefficient (Wildman–Crippen LogP) is 6.18. The Morgan fingerprint density at radius 3 is 2.44 bits per heavy atom. The average Bonchev–Trinajstić information content (AvgIpc) is 3.28. The van der Waals surface area contributed by atoms with E-state index in [0.717, 1.165) is 22.4 Å². The molecule has 0 aliphatic heterocycles. The van der Waals surface area contributed by atoms with Gasteiger partial charge in [-0.1, -0.05) is 89.1 Å². The van der Waals surface area contributed by atoms with Crippen LogP contribution >= 0.6 is 35.0 Å². The van der Waals surface area contributed by atoms with Gasteiger partial charge in [-0.3, -0.25) is 9.36 Å². The van der Waals surface area contributed by atoms with Crippen molar-refractivity contribution < 1.29 is 4.79 Å². The van der Waals surface area contributed by atoms with E-state index in [-0.39, 0.29) is 11.7 Å². The second-order valence-corrected chi connectivity index (χ2v) is 9.25. The fourth-order valence-corrected chi connectivity index (χ4v) is 4.20. The van der Waals surface area contributed by atoms with Gasteiger partial charge in [0.1, 0.15) is 0 Å². The van der Waals surface area contributed by atoms with Gasteiger partial charge in [-0.15, -0.1) is 10.2 Å². The van der Waals surface area contributed by atoms with Crippen molar-refractivity contribution in [3.05, 3.63) is 94.0 Å². The first-order valence-electron chi connectivity index (χ1n) is 10.4. The van der Waals surface area contributed by atoms with Crippen LogP contribution in [0.3, 0.4) is 0 Å². The van der Waals surface area contributed by atoms with E-state index in [4.69, 9.17) is 23.2 Å². The summed E-state index contributed by atoms with van der Waals surface area (Å²) in [7, 11) is 0. The Labute approximate surface area is 212 Å². The van der Waals surface area contributed by atoms with Gasteiger partial charge in [0, 0.05) is 11.3 Å². The molecule has 6 nitrogen and oxygen atoms in total. The Kier molecular flexibility index (Phi) is 7.67. The predicted molar refractivity (Wildman–Crippen MR) is 139 cm³/mol. The van der Waals surface area contributed by atoms with Crippen molar-refractivity contribution in [1.29, 1.82) is 0 Å². The van der Waals surface area contributed by atoms with Crippen molar-refractivity contribution in [3.63, 3.8) is 0 Å². The summed E-state index contributed by atoms with van der Waals surface area (Å²) in [5.74, 6) is 0.573. The number of hydrazone groups is 1. The molecular formula is C25H21Cl2N5OS. The van der Waals surface area contributed by atoms with Gasteiger partial charge in [0.2, 0.25) is 0 Å². The summed E-state index contributed by atoms with van der Waals surface area (Å²) in [5.41, 5.74) is 7.00. The standard InChI is InChI=1S/C25H21Cl2N5OS/c1-16-8-10-18(11-9-16)24-30-31-25(32(24)20-6-4-3-5-7-20)34-15-23(33)29-28-17(2)19-12-13-21(26)22(27)14-19/h3-14H,15H2,1-2H3,(H,29,33). The van der Waals surface area contributed by atoms with Crippen LogP contribution < -0.4 is 5.43 Å². The van der Waals surface area contributed by atoms with E-state index < -0.39 is 0 Å². The van der Waals surface area contributed by atoms with Gasteiger partial charge in [-0.05, 0) is 43.7 Å². The Balaban J connectivity index is 1.51. The number of nitrogens with one attached hydrogen (secondary N) is 1. The van der Waals surface area contributed by atoms with Crippen molar-refractivity contribution in [2.45, 2.75) is 19.0 Å². The van der Waals surface area contributed by atoms with Crippen LogP contribution in [-0.4, -0.2) is 32.1 Å². The highest BCUT2D eigenvalue weighted by molar-refractivity contribution is 7.99. The third-order valence-electron chi connectivity index (χ3n) is 4.98. The summed E-state index contributed by atoms with van der Waals surface area (Å²) >= 11 is 13.3. The van der Waals surface area contributed by atoms with Crippen LogP contribution in [0.5, 0.6) is 0 Å². The lowest BCUT2D eigenvalue weighted by Crippen LogP contribution is -2.21. The first-order valence-corrected chi connectivity index (χ1v) is 12.2. The zero-order valence-electron chi connectivity index (χ0n) is 18.5. The molecule has 1 aromatic heterocycles. The van der Waals surface area contributed by atoms with E-state index >= 15 is 0 Å². The van der Waals surface area contributed by atoms with Crippen molar-refractivity contribution in [3.8, 4) is 17.1 Å². The van der Waals surface area contributed by atoms with Crippen LogP contribution in [0.1, 0.15) is 18.1 Å². The molecule has 9 heteroatoms. The van der Waals surface area contributed by atoms with Gasteiger partial charge in [0.25, 0.3) is 5.91 Å². The van der Waals surface area contributed by atoms with E-state index in [0.29, 0.717) is 26.7 Å². The van der Waals surface area contributed by atoms with E-state index in [9.17, 15) is 4.79 Å². The molecule has 0 unspecified atom stereocenters. The maximum Gasteiger partial charge on any atom is 0.250 e. The smallest absolute Gasteiger partial charge is 0.250 e. The molecule has 0 bridgehead atoms. The number of amides is 1. The zero-order valence-corrected chi connectivity index (χ0v) is 20.8. The summed E-state index contributed by atoms with van der Waals surface area (Å²) in [6, 6.07) is 23.1. The minimum atomic E-state index is -0.260. The van der Waals surface area contributed by atoms with Gasteiger partial charge in [-0.25, -0.2) is 5.43 Å². The zero-order chi connectivity index (χ0) is 24.1. The number of carbonyl (C=O) groups is 1. The molecule has 172 valence electrons. The Bertz CT molecular complexity index is 1340. The molecule has 0 aliphatic carbocycles. The Morgan fingerprint density at radius 2 is 1.74 bits per heavy atom. The fourth-order valence-electron chi connectivity index (χ4n) is 3.16. The minimum Gasteiger partial charge on any atom is -0.272 e. The molecule has 0 radical (unpaired) electrons. The first-order chi connectivity index (χ1) is 16.4. The number of aryl methyl sites for hydroxylation is 1.